The van der Waals surface area contributed by atoms with Gasteiger partial charge in [0.25, 0.3) is 11.8 Å². The third-order valence-electron chi connectivity index (χ3n) is 8.13. The molecule has 4 atom stereocenters. The van der Waals surface area contributed by atoms with Gasteiger partial charge in [-0.3, -0.25) is 14.3 Å². The van der Waals surface area contributed by atoms with Crippen molar-refractivity contribution in [3.8, 4) is 0 Å². The number of aliphatic hydroxyl groups is 1. The minimum absolute atomic E-state index is 0.0367. The Morgan fingerprint density at radius 3 is 1.96 bits per heavy atom. The van der Waals surface area contributed by atoms with Crippen LogP contribution in [0.1, 0.15) is 75.8 Å². The molecule has 248 valence electrons. The Hall–Kier alpha value is -4.51. The number of hydrogen-bond acceptors (Lipinski definition) is 6. The Morgan fingerprint density at radius 1 is 0.766 bits per heavy atom. The van der Waals surface area contributed by atoms with Crippen LogP contribution in [0.5, 0.6) is 0 Å². The van der Waals surface area contributed by atoms with Crippen molar-refractivity contribution >= 4 is 27.5 Å². The third-order valence-corrected chi connectivity index (χ3v) is 9.43. The van der Waals surface area contributed by atoms with E-state index in [1.165, 1.54) is 25.1 Å². The zero-order chi connectivity index (χ0) is 34.0. The molecule has 4 aromatic rings. The number of sulfonamides is 1. The molecule has 0 aliphatic rings. The van der Waals surface area contributed by atoms with Gasteiger partial charge in [0.1, 0.15) is 0 Å². The summed E-state index contributed by atoms with van der Waals surface area (Å²) in [6.45, 7) is 7.52. The van der Waals surface area contributed by atoms with E-state index in [2.05, 4.69) is 20.7 Å². The van der Waals surface area contributed by atoms with Gasteiger partial charge in [0.05, 0.1) is 29.6 Å². The molecule has 0 saturated heterocycles. The lowest BCUT2D eigenvalue weighted by atomic mass is 9.99. The van der Waals surface area contributed by atoms with Crippen molar-refractivity contribution in [2.45, 2.75) is 58.3 Å². The minimum Gasteiger partial charge on any atom is -0.390 e. The van der Waals surface area contributed by atoms with Crippen molar-refractivity contribution in [1.29, 1.82) is 0 Å². The average molecular weight is 657 g/mol. The number of aryl methyl sites for hydroxylation is 1. The molecular weight excluding hydrogens is 612 g/mol. The topological polar surface area (TPSA) is 137 Å². The first kappa shape index (κ1) is 35.3. The predicted octanol–water partition coefficient (Wildman–Crippen LogP) is 5.30. The monoisotopic (exact) mass is 656 g/mol. The van der Waals surface area contributed by atoms with Crippen molar-refractivity contribution in [2.24, 2.45) is 0 Å². The van der Waals surface area contributed by atoms with E-state index in [0.29, 0.717) is 6.42 Å². The normalized spacial score (nSPS) is 14.0. The molecule has 47 heavy (non-hydrogen) atoms. The highest BCUT2D eigenvalue weighted by molar-refractivity contribution is 7.92. The summed E-state index contributed by atoms with van der Waals surface area (Å²) in [5.74, 6) is -1.21. The molecule has 0 aliphatic carbocycles. The number of aliphatic hydroxyl groups excluding tert-OH is 1. The summed E-state index contributed by atoms with van der Waals surface area (Å²) >= 11 is 0. The van der Waals surface area contributed by atoms with Gasteiger partial charge in [-0.05, 0) is 74.6 Å². The van der Waals surface area contributed by atoms with E-state index in [0.717, 1.165) is 22.3 Å². The van der Waals surface area contributed by atoms with Crippen molar-refractivity contribution < 1.29 is 23.1 Å². The third kappa shape index (κ3) is 10.2. The number of anilines is 1. The second-order valence-corrected chi connectivity index (χ2v) is 13.7. The fourth-order valence-electron chi connectivity index (χ4n) is 5.33. The van der Waals surface area contributed by atoms with Crippen LogP contribution in [0.25, 0.3) is 0 Å². The maximum Gasteiger partial charge on any atom is 0.251 e. The van der Waals surface area contributed by atoms with Gasteiger partial charge in [0.15, 0.2) is 0 Å². The lowest BCUT2D eigenvalue weighted by Gasteiger charge is -2.26. The molecule has 9 nitrogen and oxygen atoms in total. The first-order valence-electron chi connectivity index (χ1n) is 15.8. The van der Waals surface area contributed by atoms with Gasteiger partial charge in [0.2, 0.25) is 10.0 Å². The number of benzene rings is 4. The second kappa shape index (κ2) is 16.4. The summed E-state index contributed by atoms with van der Waals surface area (Å²) in [5, 5.41) is 20.6. The standard InChI is InChI=1S/C37H44N4O5S/c1-5-47(45,46)41-32-22-30(36(43)39-27(4)33-19-13-12-14-25(33)2)21-31(23-32)37(44)40-34(20-28-15-8-6-9-16-28)35(42)24-38-26(3)29-17-10-7-11-18-29/h6-19,21-23,26-27,34-35,38,41-42H,5,20,24H2,1-4H3,(H,39,43)(H,40,44)/t26-,27?,34-,35+/m0/s1. The molecule has 0 aromatic heterocycles. The molecule has 0 heterocycles. The quantitative estimate of drug-likeness (QED) is 0.118. The molecule has 0 aliphatic heterocycles. The van der Waals surface area contributed by atoms with Gasteiger partial charge in [-0.25, -0.2) is 8.42 Å². The van der Waals surface area contributed by atoms with Crippen LogP contribution in [-0.4, -0.2) is 49.8 Å². The van der Waals surface area contributed by atoms with Crippen LogP contribution < -0.4 is 20.7 Å². The van der Waals surface area contributed by atoms with Gasteiger partial charge in [-0.1, -0.05) is 84.9 Å². The number of amides is 2. The zero-order valence-electron chi connectivity index (χ0n) is 27.2. The molecule has 5 N–H and O–H groups in total. The van der Waals surface area contributed by atoms with E-state index < -0.39 is 34.0 Å². The lowest BCUT2D eigenvalue weighted by molar-refractivity contribution is 0.0825. The molecule has 4 rings (SSSR count). The van der Waals surface area contributed by atoms with Gasteiger partial charge < -0.3 is 21.1 Å². The number of rotatable bonds is 15. The highest BCUT2D eigenvalue weighted by atomic mass is 32.2. The van der Waals surface area contributed by atoms with Crippen molar-refractivity contribution in [1.82, 2.24) is 16.0 Å². The van der Waals surface area contributed by atoms with Crippen LogP contribution >= 0.6 is 0 Å². The smallest absolute Gasteiger partial charge is 0.251 e. The minimum atomic E-state index is -3.71. The van der Waals surface area contributed by atoms with Crippen LogP contribution in [0, 0.1) is 6.92 Å². The van der Waals surface area contributed by atoms with Gasteiger partial charge >= 0.3 is 0 Å². The van der Waals surface area contributed by atoms with Crippen LogP contribution in [0.3, 0.4) is 0 Å². The van der Waals surface area contributed by atoms with Gasteiger partial charge in [0, 0.05) is 23.7 Å². The fourth-order valence-corrected chi connectivity index (χ4v) is 5.95. The first-order valence-corrected chi connectivity index (χ1v) is 17.4. The van der Waals surface area contributed by atoms with E-state index in [-0.39, 0.29) is 41.2 Å². The SMILES string of the molecule is CCS(=O)(=O)Nc1cc(C(=O)NC(C)c2ccccc2C)cc(C(=O)N[C@@H](Cc2ccccc2)[C@H](O)CN[C@@H](C)c2ccccc2)c1. The average Bonchev–Trinajstić information content (AvgIpc) is 3.07. The summed E-state index contributed by atoms with van der Waals surface area (Å²) in [7, 11) is -3.71. The molecule has 0 spiro atoms. The Bertz CT molecular complexity index is 1750. The number of carbonyl (C=O) groups excluding carboxylic acids is 2. The Morgan fingerprint density at radius 2 is 1.34 bits per heavy atom. The van der Waals surface area contributed by atoms with Gasteiger partial charge in [-0.2, -0.15) is 0 Å². The number of hydrogen-bond donors (Lipinski definition) is 5. The van der Waals surface area contributed by atoms with E-state index in [9.17, 15) is 23.1 Å². The second-order valence-electron chi connectivity index (χ2n) is 11.7. The lowest BCUT2D eigenvalue weighted by Crippen LogP contribution is -2.49. The molecule has 10 heteroatoms. The number of nitrogens with one attached hydrogen (secondary N) is 4. The van der Waals surface area contributed by atoms with Gasteiger partial charge in [-0.15, -0.1) is 0 Å². The summed E-state index contributed by atoms with van der Waals surface area (Å²) in [6, 6.07) is 30.2. The van der Waals surface area contributed by atoms with Crippen LogP contribution in [0.4, 0.5) is 5.69 Å². The first-order chi connectivity index (χ1) is 22.5. The van der Waals surface area contributed by atoms with Crippen molar-refractivity contribution in [3.05, 3.63) is 137 Å². The Kier molecular flexibility index (Phi) is 12.3. The molecule has 2 amide bonds. The van der Waals surface area contributed by atoms with Crippen LogP contribution in [-0.2, 0) is 16.4 Å². The molecule has 1 unspecified atom stereocenters. The highest BCUT2D eigenvalue weighted by Gasteiger charge is 2.25. The molecule has 4 aromatic carbocycles. The molecule has 0 bridgehead atoms. The predicted molar refractivity (Wildman–Crippen MR) is 187 cm³/mol. The molecule has 0 fully saturated rings. The maximum atomic E-state index is 13.8. The van der Waals surface area contributed by atoms with E-state index >= 15 is 0 Å². The van der Waals surface area contributed by atoms with E-state index in [1.54, 1.807) is 0 Å². The van der Waals surface area contributed by atoms with Crippen molar-refractivity contribution in [3.63, 3.8) is 0 Å². The summed E-state index contributed by atoms with van der Waals surface area (Å²) in [5.41, 5.74) is 4.22. The highest BCUT2D eigenvalue weighted by Crippen LogP contribution is 2.21. The van der Waals surface area contributed by atoms with E-state index in [4.69, 9.17) is 0 Å². The van der Waals surface area contributed by atoms with Crippen molar-refractivity contribution in [2.75, 3.05) is 17.0 Å². The summed E-state index contributed by atoms with van der Waals surface area (Å²) < 4.78 is 27.4. The summed E-state index contributed by atoms with van der Waals surface area (Å²) in [4.78, 5) is 27.3. The largest absolute Gasteiger partial charge is 0.390 e. The van der Waals surface area contributed by atoms with Crippen LogP contribution in [0.2, 0.25) is 0 Å². The zero-order valence-corrected chi connectivity index (χ0v) is 28.1. The maximum absolute atomic E-state index is 13.8. The fraction of sp³-hybridized carbons (Fsp3) is 0.297. The Labute approximate surface area is 277 Å². The molecular formula is C37H44N4O5S. The molecule has 0 saturated carbocycles. The van der Waals surface area contributed by atoms with E-state index in [1.807, 2.05) is 106 Å². The number of carbonyl (C=O) groups is 2. The van der Waals surface area contributed by atoms with Crippen LogP contribution in [0.15, 0.2) is 103 Å². The summed E-state index contributed by atoms with van der Waals surface area (Å²) in [6.07, 6.45) is -0.622. The molecule has 0 radical (unpaired) electrons. The Balaban J connectivity index is 1.59.